The van der Waals surface area contributed by atoms with Crippen molar-refractivity contribution < 1.29 is 19.1 Å². The first-order valence-electron chi connectivity index (χ1n) is 9.42. The molecule has 7 heteroatoms. The Morgan fingerprint density at radius 2 is 1.74 bits per heavy atom. The highest BCUT2D eigenvalue weighted by molar-refractivity contribution is 5.90. The molecular weight excluding hydrogens is 346 g/mol. The lowest BCUT2D eigenvalue weighted by Gasteiger charge is -2.37. The van der Waals surface area contributed by atoms with Crippen LogP contribution in [0.1, 0.15) is 48.5 Å². The molecule has 156 valence electrons. The average Bonchev–Trinajstić information content (AvgIpc) is 2.55. The van der Waals surface area contributed by atoms with Crippen molar-refractivity contribution in [1.29, 1.82) is 0 Å². The number of carbonyl (C=O) groups excluding carboxylic acids is 3. The first-order valence-corrected chi connectivity index (χ1v) is 9.42. The van der Waals surface area contributed by atoms with Gasteiger partial charge in [-0.2, -0.15) is 0 Å². The van der Waals surface area contributed by atoms with Crippen LogP contribution in [-0.2, 0) is 19.1 Å². The van der Waals surface area contributed by atoms with E-state index in [1.165, 1.54) is 0 Å². The van der Waals surface area contributed by atoms with Gasteiger partial charge in [0.2, 0.25) is 11.8 Å². The third-order valence-corrected chi connectivity index (χ3v) is 4.25. The normalized spacial score (nSPS) is 14.5. The molecule has 0 spiro atoms. The molecule has 2 N–H and O–H groups in total. The van der Waals surface area contributed by atoms with Crippen molar-refractivity contribution in [3.63, 3.8) is 0 Å². The van der Waals surface area contributed by atoms with Gasteiger partial charge >= 0.3 is 5.97 Å². The minimum Gasteiger partial charge on any atom is -0.463 e. The van der Waals surface area contributed by atoms with E-state index in [4.69, 9.17) is 4.74 Å². The van der Waals surface area contributed by atoms with Gasteiger partial charge in [-0.3, -0.25) is 9.59 Å². The second-order valence-corrected chi connectivity index (χ2v) is 8.15. The molecule has 0 aromatic rings. The Balaban J connectivity index is 5.63. The molecule has 0 saturated heterocycles. The van der Waals surface area contributed by atoms with Crippen molar-refractivity contribution in [3.05, 3.63) is 11.6 Å². The molecule has 0 radical (unpaired) electrons. The van der Waals surface area contributed by atoms with Gasteiger partial charge in [0, 0.05) is 12.6 Å². The van der Waals surface area contributed by atoms with Crippen LogP contribution in [0.2, 0.25) is 0 Å². The zero-order valence-corrected chi connectivity index (χ0v) is 18.3. The van der Waals surface area contributed by atoms with Gasteiger partial charge in [-0.25, -0.2) is 4.79 Å². The van der Waals surface area contributed by atoms with Crippen LogP contribution in [0.25, 0.3) is 0 Å². The SMILES string of the molecule is CCOC(=O)/C(C)=C/[C@H](C(C)C)N(C)C(=O)[C@@H](NC(=O)CNC)C(C)(C)C. The van der Waals surface area contributed by atoms with Crippen LogP contribution in [0.15, 0.2) is 11.6 Å². The van der Waals surface area contributed by atoms with Gasteiger partial charge in [-0.15, -0.1) is 0 Å². The van der Waals surface area contributed by atoms with E-state index < -0.39 is 17.4 Å². The molecule has 7 nitrogen and oxygen atoms in total. The average molecular weight is 384 g/mol. The molecule has 0 bridgehead atoms. The molecule has 0 aromatic heterocycles. The van der Waals surface area contributed by atoms with E-state index in [0.29, 0.717) is 12.2 Å². The highest BCUT2D eigenvalue weighted by Crippen LogP contribution is 2.23. The Bertz CT molecular complexity index is 550. The van der Waals surface area contributed by atoms with Crippen LogP contribution < -0.4 is 10.6 Å². The predicted molar refractivity (Wildman–Crippen MR) is 107 cm³/mol. The largest absolute Gasteiger partial charge is 0.463 e. The second kappa shape index (κ2) is 11.1. The highest BCUT2D eigenvalue weighted by atomic mass is 16.5. The minimum atomic E-state index is -0.680. The molecular formula is C20H37N3O4. The van der Waals surface area contributed by atoms with E-state index in [1.54, 1.807) is 38.9 Å². The molecule has 0 rings (SSSR count). The summed E-state index contributed by atoms with van der Waals surface area (Å²) in [4.78, 5) is 38.8. The van der Waals surface area contributed by atoms with Crippen molar-refractivity contribution >= 4 is 17.8 Å². The molecule has 2 amide bonds. The quantitative estimate of drug-likeness (QED) is 0.468. The summed E-state index contributed by atoms with van der Waals surface area (Å²) in [6.45, 7) is 13.6. The number of likely N-dealkylation sites (N-methyl/N-ethyl adjacent to an activating group) is 2. The third kappa shape index (κ3) is 8.12. The Morgan fingerprint density at radius 3 is 2.15 bits per heavy atom. The summed E-state index contributed by atoms with van der Waals surface area (Å²) in [5.74, 6) is -0.743. The molecule has 0 unspecified atom stereocenters. The number of nitrogens with zero attached hydrogens (tertiary/aromatic N) is 1. The maximum atomic E-state index is 13.2. The zero-order chi connectivity index (χ0) is 21.4. The Morgan fingerprint density at radius 1 is 1.19 bits per heavy atom. The minimum absolute atomic E-state index is 0.0805. The summed E-state index contributed by atoms with van der Waals surface area (Å²) < 4.78 is 5.03. The lowest BCUT2D eigenvalue weighted by molar-refractivity contribution is -0.140. The molecule has 2 atom stereocenters. The van der Waals surface area contributed by atoms with Crippen LogP contribution in [0.5, 0.6) is 0 Å². The predicted octanol–water partition coefficient (Wildman–Crippen LogP) is 1.73. The number of ether oxygens (including phenoxy) is 1. The van der Waals surface area contributed by atoms with E-state index >= 15 is 0 Å². The Kier molecular flexibility index (Phi) is 10.3. The van der Waals surface area contributed by atoms with Crippen LogP contribution in [-0.4, -0.2) is 62.0 Å². The number of carbonyl (C=O) groups is 3. The van der Waals surface area contributed by atoms with Gasteiger partial charge in [-0.05, 0) is 32.2 Å². The van der Waals surface area contributed by atoms with E-state index in [1.807, 2.05) is 34.6 Å². The first-order chi connectivity index (χ1) is 12.4. The lowest BCUT2D eigenvalue weighted by atomic mass is 9.85. The summed E-state index contributed by atoms with van der Waals surface area (Å²) in [7, 11) is 3.38. The maximum Gasteiger partial charge on any atom is 0.333 e. The van der Waals surface area contributed by atoms with Crippen molar-refractivity contribution in [2.24, 2.45) is 11.3 Å². The number of esters is 1. The van der Waals surface area contributed by atoms with E-state index in [-0.39, 0.29) is 30.3 Å². The Labute approximate surface area is 163 Å². The zero-order valence-electron chi connectivity index (χ0n) is 18.3. The van der Waals surface area contributed by atoms with E-state index in [0.717, 1.165) is 0 Å². The van der Waals surface area contributed by atoms with Crippen molar-refractivity contribution in [2.75, 3.05) is 27.2 Å². The summed E-state index contributed by atoms with van der Waals surface area (Å²) >= 11 is 0. The molecule has 0 fully saturated rings. The van der Waals surface area contributed by atoms with Crippen LogP contribution >= 0.6 is 0 Å². The molecule has 0 aliphatic rings. The fraction of sp³-hybridized carbons (Fsp3) is 0.750. The number of rotatable bonds is 9. The molecule has 0 aliphatic carbocycles. The number of nitrogens with one attached hydrogen (secondary N) is 2. The smallest absolute Gasteiger partial charge is 0.333 e. The standard InChI is InChI=1S/C20H37N3O4/c1-10-27-19(26)14(4)11-15(13(2)3)23(9)18(25)17(20(5,6)7)22-16(24)12-21-8/h11,13,15,17,21H,10,12H2,1-9H3,(H,22,24)/b14-11+/t15-,17-/m1/s1. The van der Waals surface area contributed by atoms with Gasteiger partial charge in [-0.1, -0.05) is 40.7 Å². The fourth-order valence-corrected chi connectivity index (χ4v) is 2.69. The van der Waals surface area contributed by atoms with Crippen molar-refractivity contribution in [1.82, 2.24) is 15.5 Å². The van der Waals surface area contributed by atoms with Gasteiger partial charge < -0.3 is 20.3 Å². The van der Waals surface area contributed by atoms with Crippen LogP contribution in [0.3, 0.4) is 0 Å². The maximum absolute atomic E-state index is 13.2. The number of hydrogen-bond donors (Lipinski definition) is 2. The monoisotopic (exact) mass is 383 g/mol. The lowest BCUT2D eigenvalue weighted by Crippen LogP contribution is -2.57. The highest BCUT2D eigenvalue weighted by Gasteiger charge is 2.36. The molecule has 0 saturated carbocycles. The van der Waals surface area contributed by atoms with Gasteiger partial charge in [0.05, 0.1) is 19.2 Å². The second-order valence-electron chi connectivity index (χ2n) is 8.15. The van der Waals surface area contributed by atoms with Crippen molar-refractivity contribution in [3.8, 4) is 0 Å². The fourth-order valence-electron chi connectivity index (χ4n) is 2.69. The van der Waals surface area contributed by atoms with Gasteiger partial charge in [0.1, 0.15) is 6.04 Å². The van der Waals surface area contributed by atoms with E-state index in [2.05, 4.69) is 10.6 Å². The third-order valence-electron chi connectivity index (χ3n) is 4.25. The number of amides is 2. The molecule has 0 aliphatic heterocycles. The molecule has 0 heterocycles. The summed E-state index contributed by atoms with van der Waals surface area (Å²) in [5.41, 5.74) is -0.00220. The molecule has 0 aromatic carbocycles. The van der Waals surface area contributed by atoms with Gasteiger partial charge in [0.25, 0.3) is 0 Å². The topological polar surface area (TPSA) is 87.7 Å². The van der Waals surface area contributed by atoms with E-state index in [9.17, 15) is 14.4 Å². The van der Waals surface area contributed by atoms with Crippen LogP contribution in [0, 0.1) is 11.3 Å². The van der Waals surface area contributed by atoms with Gasteiger partial charge in [0.15, 0.2) is 0 Å². The number of hydrogen-bond acceptors (Lipinski definition) is 5. The summed E-state index contributed by atoms with van der Waals surface area (Å²) in [5, 5.41) is 5.61. The summed E-state index contributed by atoms with van der Waals surface area (Å²) in [6, 6.07) is -0.978. The van der Waals surface area contributed by atoms with Crippen molar-refractivity contribution in [2.45, 2.75) is 60.5 Å². The molecule has 27 heavy (non-hydrogen) atoms. The Hall–Kier alpha value is -1.89. The van der Waals surface area contributed by atoms with Crippen LogP contribution in [0.4, 0.5) is 0 Å². The summed E-state index contributed by atoms with van der Waals surface area (Å²) in [6.07, 6.45) is 1.76. The first kappa shape index (κ1) is 25.1.